The average molecular weight is 299 g/mol. The molecular weight excluding hydrogens is 286 g/mol. The molecule has 1 aromatic carbocycles. The highest BCUT2D eigenvalue weighted by molar-refractivity contribution is 5.86. The maximum absolute atomic E-state index is 12.0. The summed E-state index contributed by atoms with van der Waals surface area (Å²) in [6, 6.07) is 7.54. The van der Waals surface area contributed by atoms with Crippen molar-refractivity contribution in [2.24, 2.45) is 0 Å². The highest BCUT2D eigenvalue weighted by atomic mass is 16.5. The third-order valence-electron chi connectivity index (χ3n) is 3.10. The number of rotatable bonds is 3. The number of aryl methyl sites for hydroxylation is 1. The Kier molecular flexibility index (Phi) is 3.42. The molecule has 0 aliphatic rings. The van der Waals surface area contributed by atoms with Crippen LogP contribution in [0.4, 0.5) is 0 Å². The molecule has 0 atom stereocenters. The highest BCUT2D eigenvalue weighted by Gasteiger charge is 2.18. The fourth-order valence-electron chi connectivity index (χ4n) is 2.06. The Balaban J connectivity index is 2.18. The third kappa shape index (κ3) is 2.24. The van der Waals surface area contributed by atoms with Gasteiger partial charge in [-0.15, -0.1) is 0 Å². The lowest BCUT2D eigenvalue weighted by Gasteiger charge is -2.05. The van der Waals surface area contributed by atoms with Crippen LogP contribution in [0.5, 0.6) is 0 Å². The van der Waals surface area contributed by atoms with Crippen molar-refractivity contribution in [3.8, 4) is 5.69 Å². The predicted octanol–water partition coefficient (Wildman–Crippen LogP) is 0.760. The van der Waals surface area contributed by atoms with Crippen LogP contribution in [0.2, 0.25) is 0 Å². The van der Waals surface area contributed by atoms with Crippen LogP contribution >= 0.6 is 0 Å². The summed E-state index contributed by atoms with van der Waals surface area (Å²) in [5, 5.41) is 8.13. The first-order valence-corrected chi connectivity index (χ1v) is 6.69. The molecule has 2 aromatic heterocycles. The van der Waals surface area contributed by atoms with E-state index in [-0.39, 0.29) is 18.1 Å². The molecule has 22 heavy (non-hydrogen) atoms. The summed E-state index contributed by atoms with van der Waals surface area (Å²) in [4.78, 5) is 27.6. The Morgan fingerprint density at radius 1 is 1.32 bits per heavy atom. The van der Waals surface area contributed by atoms with E-state index in [1.807, 2.05) is 31.2 Å². The summed E-state index contributed by atoms with van der Waals surface area (Å²) >= 11 is 0. The molecule has 0 N–H and O–H groups in total. The van der Waals surface area contributed by atoms with Crippen molar-refractivity contribution < 1.29 is 9.53 Å². The van der Waals surface area contributed by atoms with E-state index < -0.39 is 11.5 Å². The minimum atomic E-state index is -0.793. The molecule has 0 spiro atoms. The zero-order chi connectivity index (χ0) is 15.7. The van der Waals surface area contributed by atoms with Crippen molar-refractivity contribution >= 4 is 11.7 Å². The van der Waals surface area contributed by atoms with Crippen LogP contribution in [-0.4, -0.2) is 37.0 Å². The van der Waals surface area contributed by atoms with E-state index in [4.69, 9.17) is 4.74 Å². The number of hydrogen-bond donors (Lipinski definition) is 0. The van der Waals surface area contributed by atoms with Gasteiger partial charge in [0.1, 0.15) is 6.33 Å². The second-order valence-electron chi connectivity index (χ2n) is 4.56. The van der Waals surface area contributed by atoms with Crippen molar-refractivity contribution in [3.63, 3.8) is 0 Å². The molecule has 0 fully saturated rings. The summed E-state index contributed by atoms with van der Waals surface area (Å²) < 4.78 is 7.56. The second kappa shape index (κ2) is 5.40. The molecule has 0 unspecified atom stereocenters. The molecule has 8 nitrogen and oxygen atoms in total. The van der Waals surface area contributed by atoms with Gasteiger partial charge in [0.15, 0.2) is 0 Å². The minimum Gasteiger partial charge on any atom is -0.461 e. The Morgan fingerprint density at radius 3 is 2.82 bits per heavy atom. The zero-order valence-corrected chi connectivity index (χ0v) is 12.1. The molecule has 0 saturated carbocycles. The largest absolute Gasteiger partial charge is 0.461 e. The standard InChI is InChI=1S/C14H13N5O3/c1-3-22-13(21)11-12(20)16-14-18(17-11)8-15-19(14)10-7-5-4-6-9(10)2/h4-8H,3H2,1-2H3. The fourth-order valence-corrected chi connectivity index (χ4v) is 2.06. The van der Waals surface area contributed by atoms with Crippen LogP contribution in [0.3, 0.4) is 0 Å². The zero-order valence-electron chi connectivity index (χ0n) is 12.1. The van der Waals surface area contributed by atoms with E-state index in [9.17, 15) is 9.59 Å². The molecule has 112 valence electrons. The van der Waals surface area contributed by atoms with Crippen LogP contribution in [0.15, 0.2) is 35.4 Å². The van der Waals surface area contributed by atoms with Gasteiger partial charge in [-0.25, -0.2) is 4.79 Å². The van der Waals surface area contributed by atoms with Crippen molar-refractivity contribution in [3.05, 3.63) is 52.2 Å². The van der Waals surface area contributed by atoms with E-state index in [0.29, 0.717) is 0 Å². The lowest BCUT2D eigenvalue weighted by atomic mass is 10.2. The SMILES string of the molecule is CCOC(=O)c1nn2cnn(-c3ccccc3C)c2nc1=O. The van der Waals surface area contributed by atoms with Crippen molar-refractivity contribution in [2.45, 2.75) is 13.8 Å². The number of esters is 1. The Morgan fingerprint density at radius 2 is 2.09 bits per heavy atom. The Bertz CT molecular complexity index is 912. The van der Waals surface area contributed by atoms with E-state index >= 15 is 0 Å². The van der Waals surface area contributed by atoms with Crippen molar-refractivity contribution in [2.75, 3.05) is 6.61 Å². The highest BCUT2D eigenvalue weighted by Crippen LogP contribution is 2.13. The molecule has 2 heterocycles. The lowest BCUT2D eigenvalue weighted by molar-refractivity contribution is 0.0515. The number of ether oxygens (including phenoxy) is 1. The maximum Gasteiger partial charge on any atom is 0.364 e. The first kappa shape index (κ1) is 13.9. The number of aromatic nitrogens is 5. The topological polar surface area (TPSA) is 91.4 Å². The van der Waals surface area contributed by atoms with E-state index in [1.165, 1.54) is 15.5 Å². The van der Waals surface area contributed by atoms with Crippen LogP contribution in [0.25, 0.3) is 11.5 Å². The summed E-state index contributed by atoms with van der Waals surface area (Å²) in [5.74, 6) is -0.564. The second-order valence-corrected chi connectivity index (χ2v) is 4.56. The number of carbonyl (C=O) groups excluding carboxylic acids is 1. The van der Waals surface area contributed by atoms with Gasteiger partial charge in [0, 0.05) is 0 Å². The van der Waals surface area contributed by atoms with Crippen LogP contribution in [0.1, 0.15) is 23.0 Å². The summed E-state index contributed by atoms with van der Waals surface area (Å²) in [7, 11) is 0. The normalized spacial score (nSPS) is 10.8. The summed E-state index contributed by atoms with van der Waals surface area (Å²) in [6.07, 6.45) is 1.39. The van der Waals surface area contributed by atoms with E-state index in [0.717, 1.165) is 11.3 Å². The van der Waals surface area contributed by atoms with Gasteiger partial charge in [-0.3, -0.25) is 4.79 Å². The van der Waals surface area contributed by atoms with Crippen molar-refractivity contribution in [1.82, 2.24) is 24.4 Å². The van der Waals surface area contributed by atoms with Gasteiger partial charge in [0.25, 0.3) is 5.78 Å². The predicted molar refractivity (Wildman–Crippen MR) is 77.1 cm³/mol. The number of carbonyl (C=O) groups is 1. The molecule has 0 saturated heterocycles. The molecule has 3 aromatic rings. The first-order valence-electron chi connectivity index (χ1n) is 6.69. The molecule has 0 radical (unpaired) electrons. The van der Waals surface area contributed by atoms with Gasteiger partial charge in [0.2, 0.25) is 5.69 Å². The van der Waals surface area contributed by atoms with Crippen LogP contribution in [0, 0.1) is 6.92 Å². The average Bonchev–Trinajstić information content (AvgIpc) is 2.90. The molecular formula is C14H13N5O3. The van der Waals surface area contributed by atoms with Gasteiger partial charge >= 0.3 is 11.5 Å². The molecule has 8 heteroatoms. The number of fused-ring (bicyclic) bond motifs is 1. The van der Waals surface area contributed by atoms with E-state index in [2.05, 4.69) is 15.2 Å². The number of nitrogens with zero attached hydrogens (tertiary/aromatic N) is 5. The Labute approximate surface area is 125 Å². The minimum absolute atomic E-state index is 0.158. The summed E-state index contributed by atoms with van der Waals surface area (Å²) in [6.45, 7) is 3.73. The Hall–Kier alpha value is -3.03. The van der Waals surface area contributed by atoms with Gasteiger partial charge < -0.3 is 4.74 Å². The fraction of sp³-hybridized carbons (Fsp3) is 0.214. The van der Waals surface area contributed by atoms with Crippen molar-refractivity contribution in [1.29, 1.82) is 0 Å². The number of para-hydroxylation sites is 1. The number of benzene rings is 1. The number of hydrogen-bond acceptors (Lipinski definition) is 6. The van der Waals surface area contributed by atoms with Gasteiger partial charge in [-0.2, -0.15) is 24.4 Å². The third-order valence-corrected chi connectivity index (χ3v) is 3.10. The van der Waals surface area contributed by atoms with Crippen LogP contribution in [-0.2, 0) is 4.74 Å². The van der Waals surface area contributed by atoms with Gasteiger partial charge in [0.05, 0.1) is 12.3 Å². The quantitative estimate of drug-likeness (QED) is 0.663. The molecule has 0 aliphatic heterocycles. The monoisotopic (exact) mass is 299 g/mol. The lowest BCUT2D eigenvalue weighted by Crippen LogP contribution is -2.25. The molecule has 0 aliphatic carbocycles. The van der Waals surface area contributed by atoms with Crippen LogP contribution < -0.4 is 5.56 Å². The maximum atomic E-state index is 12.0. The smallest absolute Gasteiger partial charge is 0.364 e. The molecule has 3 rings (SSSR count). The van der Waals surface area contributed by atoms with Gasteiger partial charge in [-0.1, -0.05) is 18.2 Å². The molecule has 0 bridgehead atoms. The van der Waals surface area contributed by atoms with E-state index in [1.54, 1.807) is 6.92 Å². The summed E-state index contributed by atoms with van der Waals surface area (Å²) in [5.41, 5.74) is 0.650. The van der Waals surface area contributed by atoms with Gasteiger partial charge in [-0.05, 0) is 25.5 Å². The molecule has 0 amide bonds. The first-order chi connectivity index (χ1) is 10.6.